The van der Waals surface area contributed by atoms with E-state index in [9.17, 15) is 9.59 Å². The van der Waals surface area contributed by atoms with Gasteiger partial charge in [-0.3, -0.25) is 15.0 Å². The van der Waals surface area contributed by atoms with E-state index in [-0.39, 0.29) is 17.9 Å². The van der Waals surface area contributed by atoms with Gasteiger partial charge in [-0.05, 0) is 29.8 Å². The van der Waals surface area contributed by atoms with Crippen molar-refractivity contribution in [2.45, 2.75) is 25.1 Å². The van der Waals surface area contributed by atoms with Gasteiger partial charge in [0, 0.05) is 24.5 Å². The molecule has 2 amide bonds. The Kier molecular flexibility index (Phi) is 6.24. The number of carbonyl (C=O) groups is 2. The van der Waals surface area contributed by atoms with Crippen LogP contribution in [0, 0.1) is 0 Å². The molecule has 3 heterocycles. The van der Waals surface area contributed by atoms with Gasteiger partial charge < -0.3 is 9.47 Å². The second-order valence-corrected chi connectivity index (χ2v) is 7.26. The topological polar surface area (TPSA) is 67.9 Å². The van der Waals surface area contributed by atoms with Gasteiger partial charge in [-0.25, -0.2) is 5.01 Å². The van der Waals surface area contributed by atoms with Crippen LogP contribution in [0.4, 0.5) is 0 Å². The Morgan fingerprint density at radius 3 is 2.37 bits per heavy atom. The molecule has 6 nitrogen and oxygen atoms in total. The summed E-state index contributed by atoms with van der Waals surface area (Å²) in [6, 6.07) is 15.9. The van der Waals surface area contributed by atoms with Crippen molar-refractivity contribution in [1.82, 2.24) is 10.4 Å². The van der Waals surface area contributed by atoms with E-state index in [1.165, 1.54) is 17.5 Å². The van der Waals surface area contributed by atoms with E-state index < -0.39 is 0 Å². The monoisotopic (exact) mass is 386 g/mol. The molecule has 142 valence electrons. The lowest BCUT2D eigenvalue weighted by Gasteiger charge is -2.39. The number of hydrazine groups is 1. The van der Waals surface area contributed by atoms with Crippen molar-refractivity contribution in [3.63, 3.8) is 0 Å². The van der Waals surface area contributed by atoms with Crippen molar-refractivity contribution in [3.8, 4) is 17.2 Å². The molecule has 0 spiro atoms. The summed E-state index contributed by atoms with van der Waals surface area (Å²) in [6.45, 7) is 1.41. The van der Waals surface area contributed by atoms with Gasteiger partial charge in [-0.15, -0.1) is 0 Å². The fourth-order valence-electron chi connectivity index (χ4n) is 2.65. The second-order valence-electron chi connectivity index (χ2n) is 6.23. The number of hydrogen-bond acceptors (Lipinski definition) is 5. The first kappa shape index (κ1) is 19.1. The quantitative estimate of drug-likeness (QED) is 0.658. The summed E-state index contributed by atoms with van der Waals surface area (Å²) in [7, 11) is 1.65. The zero-order chi connectivity index (χ0) is 19.2. The highest BCUT2D eigenvalue weighted by molar-refractivity contribution is 7.98. The smallest absolute Gasteiger partial charge is 0.243 e. The van der Waals surface area contributed by atoms with Crippen LogP contribution in [0.2, 0.25) is 0 Å². The van der Waals surface area contributed by atoms with Crippen LogP contribution in [0.1, 0.15) is 18.9 Å². The predicted molar refractivity (Wildman–Crippen MR) is 105 cm³/mol. The first-order valence-corrected chi connectivity index (χ1v) is 9.78. The number of amides is 2. The zero-order valence-electron chi connectivity index (χ0n) is 15.3. The van der Waals surface area contributed by atoms with Crippen LogP contribution < -0.4 is 14.9 Å². The third-order valence-electron chi connectivity index (χ3n) is 4.10. The average Bonchev–Trinajstić information content (AvgIpc) is 2.66. The summed E-state index contributed by atoms with van der Waals surface area (Å²) < 4.78 is 10.1. The van der Waals surface area contributed by atoms with E-state index in [0.717, 1.165) is 28.8 Å². The normalized spacial score (nSPS) is 16.1. The lowest BCUT2D eigenvalue weighted by molar-refractivity contribution is -0.155. The molecule has 2 aromatic carbocycles. The minimum atomic E-state index is -0.205. The summed E-state index contributed by atoms with van der Waals surface area (Å²) in [5, 5.41) is 1.43. The Bertz CT molecular complexity index is 785. The van der Waals surface area contributed by atoms with Crippen molar-refractivity contribution in [1.29, 1.82) is 0 Å². The molecule has 27 heavy (non-hydrogen) atoms. The standard InChI is InChI=1S/C14H18N2O3S.C6H4O/c1-10(17)15-16-12(7-14(16)18)9-20-8-11-3-5-13(19-2)6-4-11;1-2-5-4-6(3-1)7-5/h3-6,12H,7-9H2,1-2H3,(H,15,17);1-4H. The van der Waals surface area contributed by atoms with Crippen molar-refractivity contribution >= 4 is 23.6 Å². The lowest BCUT2D eigenvalue weighted by atomic mass is 10.1. The van der Waals surface area contributed by atoms with Crippen LogP contribution in [-0.2, 0) is 15.3 Å². The molecule has 1 N–H and O–H groups in total. The van der Waals surface area contributed by atoms with Gasteiger partial charge in [0.2, 0.25) is 11.8 Å². The molecule has 0 saturated carbocycles. The molecule has 2 aromatic rings. The number of β-lactam (4-membered cyclic amide) rings is 1. The molecule has 2 bridgehead atoms. The van der Waals surface area contributed by atoms with E-state index >= 15 is 0 Å². The number of methoxy groups -OCH3 is 1. The molecule has 7 heteroatoms. The lowest BCUT2D eigenvalue weighted by Crippen LogP contribution is -2.61. The van der Waals surface area contributed by atoms with Gasteiger partial charge in [-0.1, -0.05) is 18.2 Å². The Balaban J connectivity index is 0.000000246. The molecule has 0 radical (unpaired) electrons. The van der Waals surface area contributed by atoms with Gasteiger partial charge in [0.25, 0.3) is 0 Å². The van der Waals surface area contributed by atoms with E-state index in [1.807, 2.05) is 48.5 Å². The molecule has 3 aliphatic heterocycles. The van der Waals surface area contributed by atoms with Crippen LogP contribution in [0.3, 0.4) is 0 Å². The van der Waals surface area contributed by atoms with E-state index in [1.54, 1.807) is 18.9 Å². The summed E-state index contributed by atoms with van der Waals surface area (Å²) in [5.41, 5.74) is 3.77. The van der Waals surface area contributed by atoms with Gasteiger partial charge in [0.1, 0.15) is 17.2 Å². The molecule has 3 aliphatic rings. The van der Waals surface area contributed by atoms with Crippen molar-refractivity contribution in [2.24, 2.45) is 0 Å². The zero-order valence-corrected chi connectivity index (χ0v) is 16.1. The maximum atomic E-state index is 11.4. The minimum absolute atomic E-state index is 0.0183. The maximum Gasteiger partial charge on any atom is 0.243 e. The third-order valence-corrected chi connectivity index (χ3v) is 5.26. The van der Waals surface area contributed by atoms with Gasteiger partial charge in [0.15, 0.2) is 0 Å². The maximum absolute atomic E-state index is 11.4. The molecule has 1 unspecified atom stereocenters. The molecule has 1 atom stereocenters. The number of ether oxygens (including phenoxy) is 2. The molecule has 0 aliphatic carbocycles. The van der Waals surface area contributed by atoms with Crippen LogP contribution in [0.15, 0.2) is 48.5 Å². The first-order chi connectivity index (χ1) is 13.0. The number of nitrogens with zero attached hydrogens (tertiary/aromatic N) is 1. The van der Waals surface area contributed by atoms with Crippen molar-refractivity contribution in [2.75, 3.05) is 12.9 Å². The average molecular weight is 386 g/mol. The van der Waals surface area contributed by atoms with E-state index in [4.69, 9.17) is 9.47 Å². The molecule has 1 fully saturated rings. The predicted octanol–water partition coefficient (Wildman–Crippen LogP) is 3.37. The Morgan fingerprint density at radius 2 is 1.93 bits per heavy atom. The summed E-state index contributed by atoms with van der Waals surface area (Å²) in [5.74, 6) is 4.29. The highest BCUT2D eigenvalue weighted by Gasteiger charge is 2.36. The number of rotatable bonds is 6. The Hall–Kier alpha value is -2.67. The van der Waals surface area contributed by atoms with Gasteiger partial charge >= 0.3 is 0 Å². The number of nitrogens with one attached hydrogen (secondary N) is 1. The third kappa shape index (κ3) is 5.17. The van der Waals surface area contributed by atoms with Crippen LogP contribution in [-0.4, -0.2) is 35.7 Å². The Labute approximate surface area is 162 Å². The minimum Gasteiger partial charge on any atom is -0.497 e. The fourth-order valence-corrected chi connectivity index (χ4v) is 3.74. The number of fused-ring (bicyclic) bond motifs is 2. The number of thioether (sulfide) groups is 1. The van der Waals surface area contributed by atoms with Crippen LogP contribution >= 0.6 is 11.8 Å². The number of benzene rings is 2. The van der Waals surface area contributed by atoms with Crippen molar-refractivity contribution < 1.29 is 19.1 Å². The van der Waals surface area contributed by atoms with Crippen LogP contribution in [0.5, 0.6) is 17.2 Å². The van der Waals surface area contributed by atoms with Gasteiger partial charge in [-0.2, -0.15) is 11.8 Å². The molecule has 0 aromatic heterocycles. The summed E-state index contributed by atoms with van der Waals surface area (Å²) >= 11 is 1.75. The highest BCUT2D eigenvalue weighted by atomic mass is 32.2. The fraction of sp³-hybridized carbons (Fsp3) is 0.300. The van der Waals surface area contributed by atoms with Crippen molar-refractivity contribution in [3.05, 3.63) is 54.1 Å². The van der Waals surface area contributed by atoms with Gasteiger partial charge in [0.05, 0.1) is 19.6 Å². The molecule has 1 saturated heterocycles. The molecule has 5 rings (SSSR count). The SMILES string of the molecule is COc1ccc(CSCC2CC(=O)N2NC(C)=O)cc1.c1cc2cc(c1)O2. The van der Waals surface area contributed by atoms with Crippen LogP contribution in [0.25, 0.3) is 0 Å². The Morgan fingerprint density at radius 1 is 1.26 bits per heavy atom. The number of hydrogen-bond donors (Lipinski definition) is 1. The molecular formula is C20H22N2O4S. The largest absolute Gasteiger partial charge is 0.497 e. The van der Waals surface area contributed by atoms with E-state index in [0.29, 0.717) is 6.42 Å². The summed E-state index contributed by atoms with van der Waals surface area (Å²) in [6.07, 6.45) is 0.510. The number of carbonyl (C=O) groups excluding carboxylic acids is 2. The molecular weight excluding hydrogens is 364 g/mol. The highest BCUT2D eigenvalue weighted by Crippen LogP contribution is 2.33. The second kappa shape index (κ2) is 8.81. The van der Waals surface area contributed by atoms with E-state index in [2.05, 4.69) is 5.43 Å². The first-order valence-electron chi connectivity index (χ1n) is 8.63. The summed E-state index contributed by atoms with van der Waals surface area (Å²) in [4.78, 5) is 22.3.